The Morgan fingerprint density at radius 1 is 1.33 bits per heavy atom. The average Bonchev–Trinajstić information content (AvgIpc) is 3.10. The molecular formula is C13H13ClN6O. The van der Waals surface area contributed by atoms with Crippen LogP contribution in [0.2, 0.25) is 5.02 Å². The Balaban J connectivity index is 1.77. The molecule has 2 heterocycles. The largest absolute Gasteiger partial charge is 0.334 e. The van der Waals surface area contributed by atoms with Crippen molar-refractivity contribution in [2.75, 3.05) is 7.05 Å². The van der Waals surface area contributed by atoms with Crippen molar-refractivity contribution in [3.05, 3.63) is 47.0 Å². The van der Waals surface area contributed by atoms with Gasteiger partial charge in [0, 0.05) is 6.54 Å². The summed E-state index contributed by atoms with van der Waals surface area (Å²) in [6.07, 6.45) is 1.84. The van der Waals surface area contributed by atoms with Gasteiger partial charge in [-0.15, -0.1) is 5.10 Å². The van der Waals surface area contributed by atoms with Crippen LogP contribution in [0.1, 0.15) is 11.5 Å². The van der Waals surface area contributed by atoms with E-state index in [9.17, 15) is 0 Å². The van der Waals surface area contributed by atoms with E-state index < -0.39 is 0 Å². The number of halogens is 1. The maximum atomic E-state index is 6.10. The summed E-state index contributed by atoms with van der Waals surface area (Å²) in [6.45, 7) is 1.06. The zero-order valence-corrected chi connectivity index (χ0v) is 12.1. The minimum Gasteiger partial charge on any atom is -0.334 e. The van der Waals surface area contributed by atoms with E-state index in [0.29, 0.717) is 35.4 Å². The molecule has 7 nitrogen and oxygen atoms in total. The number of hydrogen-bond donors (Lipinski definition) is 1. The lowest BCUT2D eigenvalue weighted by Gasteiger charge is -1.96. The van der Waals surface area contributed by atoms with Gasteiger partial charge in [-0.2, -0.15) is 4.98 Å². The Hall–Kier alpha value is -2.25. The summed E-state index contributed by atoms with van der Waals surface area (Å²) in [4.78, 5) is 4.33. The summed E-state index contributed by atoms with van der Waals surface area (Å²) >= 11 is 6.10. The smallest absolute Gasteiger partial charge is 0.259 e. The van der Waals surface area contributed by atoms with E-state index in [2.05, 4.69) is 25.8 Å². The lowest BCUT2D eigenvalue weighted by Crippen LogP contribution is -2.05. The van der Waals surface area contributed by atoms with Gasteiger partial charge in [0.1, 0.15) is 6.54 Å². The molecule has 0 amide bonds. The van der Waals surface area contributed by atoms with Gasteiger partial charge in [-0.05, 0) is 19.2 Å². The van der Waals surface area contributed by atoms with Crippen molar-refractivity contribution in [3.63, 3.8) is 0 Å². The number of benzene rings is 1. The van der Waals surface area contributed by atoms with Gasteiger partial charge in [-0.3, -0.25) is 0 Å². The highest BCUT2D eigenvalue weighted by molar-refractivity contribution is 6.33. The number of nitrogens with one attached hydrogen (secondary N) is 1. The normalized spacial score (nSPS) is 11.0. The molecule has 0 aliphatic carbocycles. The Bertz CT molecular complexity index is 738. The molecule has 3 rings (SSSR count). The molecule has 0 atom stereocenters. The zero-order valence-electron chi connectivity index (χ0n) is 11.3. The van der Waals surface area contributed by atoms with Gasteiger partial charge >= 0.3 is 0 Å². The van der Waals surface area contributed by atoms with Crippen LogP contribution >= 0.6 is 11.6 Å². The number of hydrogen-bond acceptors (Lipinski definition) is 6. The third kappa shape index (κ3) is 3.09. The summed E-state index contributed by atoms with van der Waals surface area (Å²) in [7, 11) is 1.86. The molecule has 0 saturated carbocycles. The molecule has 0 unspecified atom stereocenters. The van der Waals surface area contributed by atoms with Crippen LogP contribution in [0.4, 0.5) is 0 Å². The second-order valence-electron chi connectivity index (χ2n) is 4.43. The van der Waals surface area contributed by atoms with E-state index in [1.165, 1.54) is 0 Å². The van der Waals surface area contributed by atoms with Crippen LogP contribution in [0.3, 0.4) is 0 Å². The Morgan fingerprint density at radius 3 is 3.00 bits per heavy atom. The first-order valence-corrected chi connectivity index (χ1v) is 6.75. The van der Waals surface area contributed by atoms with Crippen molar-refractivity contribution in [2.45, 2.75) is 13.1 Å². The van der Waals surface area contributed by atoms with Crippen molar-refractivity contribution in [1.29, 1.82) is 0 Å². The topological polar surface area (TPSA) is 81.7 Å². The predicted molar refractivity (Wildman–Crippen MR) is 76.6 cm³/mol. The Labute approximate surface area is 125 Å². The summed E-state index contributed by atoms with van der Waals surface area (Å²) in [5, 5.41) is 15.6. The minimum absolute atomic E-state index is 0.394. The molecule has 108 valence electrons. The molecule has 0 aliphatic heterocycles. The Morgan fingerprint density at radius 2 is 2.19 bits per heavy atom. The fraction of sp³-hybridized carbons (Fsp3) is 0.231. The van der Waals surface area contributed by atoms with Gasteiger partial charge in [-0.25, -0.2) is 4.68 Å². The summed E-state index contributed by atoms with van der Waals surface area (Å²) < 4.78 is 6.90. The molecule has 0 radical (unpaired) electrons. The molecule has 21 heavy (non-hydrogen) atoms. The van der Waals surface area contributed by atoms with E-state index in [0.717, 1.165) is 5.69 Å². The number of nitrogens with zero attached hydrogens (tertiary/aromatic N) is 5. The van der Waals surface area contributed by atoms with E-state index in [1.807, 2.05) is 31.4 Å². The zero-order chi connectivity index (χ0) is 14.7. The molecule has 0 fully saturated rings. The molecule has 1 N–H and O–H groups in total. The fourth-order valence-corrected chi connectivity index (χ4v) is 2.10. The van der Waals surface area contributed by atoms with Crippen LogP contribution in [-0.4, -0.2) is 32.2 Å². The second kappa shape index (κ2) is 6.02. The summed E-state index contributed by atoms with van der Waals surface area (Å²) in [5.74, 6) is 0.914. The molecule has 0 saturated heterocycles. The monoisotopic (exact) mass is 304 g/mol. The van der Waals surface area contributed by atoms with Gasteiger partial charge in [0.25, 0.3) is 5.89 Å². The van der Waals surface area contributed by atoms with E-state index >= 15 is 0 Å². The van der Waals surface area contributed by atoms with Crippen LogP contribution in [0, 0.1) is 0 Å². The summed E-state index contributed by atoms with van der Waals surface area (Å²) in [6, 6.07) is 7.33. The van der Waals surface area contributed by atoms with Crippen molar-refractivity contribution < 1.29 is 4.52 Å². The average molecular weight is 305 g/mol. The highest BCUT2D eigenvalue weighted by Crippen LogP contribution is 2.25. The maximum Gasteiger partial charge on any atom is 0.259 e. The lowest BCUT2D eigenvalue weighted by atomic mass is 10.2. The number of rotatable bonds is 5. The SMILES string of the molecule is CNCc1cn(Cc2noc(-c3ccccc3Cl)n2)nn1. The molecule has 0 aliphatic rings. The third-order valence-electron chi connectivity index (χ3n) is 2.82. The first kappa shape index (κ1) is 13.7. The van der Waals surface area contributed by atoms with Gasteiger partial charge in [0.2, 0.25) is 0 Å². The van der Waals surface area contributed by atoms with Gasteiger partial charge < -0.3 is 9.84 Å². The summed E-state index contributed by atoms with van der Waals surface area (Å²) in [5.41, 5.74) is 1.57. The molecule has 8 heteroatoms. The van der Waals surface area contributed by atoms with Crippen LogP contribution in [0.25, 0.3) is 11.5 Å². The number of aromatic nitrogens is 5. The first-order chi connectivity index (χ1) is 10.3. The van der Waals surface area contributed by atoms with E-state index in [-0.39, 0.29) is 0 Å². The van der Waals surface area contributed by atoms with E-state index in [4.69, 9.17) is 16.1 Å². The molecule has 0 spiro atoms. The predicted octanol–water partition coefficient (Wildman–Crippen LogP) is 1.75. The first-order valence-electron chi connectivity index (χ1n) is 6.37. The molecule has 3 aromatic rings. The van der Waals surface area contributed by atoms with E-state index in [1.54, 1.807) is 10.7 Å². The van der Waals surface area contributed by atoms with Crippen molar-refractivity contribution in [2.24, 2.45) is 0 Å². The maximum absolute atomic E-state index is 6.10. The lowest BCUT2D eigenvalue weighted by molar-refractivity contribution is 0.418. The van der Waals surface area contributed by atoms with Crippen LogP contribution in [-0.2, 0) is 13.1 Å². The molecule has 1 aromatic carbocycles. The van der Waals surface area contributed by atoms with Gasteiger partial charge in [-0.1, -0.05) is 34.1 Å². The van der Waals surface area contributed by atoms with Crippen molar-refractivity contribution in [3.8, 4) is 11.5 Å². The van der Waals surface area contributed by atoms with Gasteiger partial charge in [0.15, 0.2) is 5.82 Å². The van der Waals surface area contributed by atoms with Gasteiger partial charge in [0.05, 0.1) is 22.5 Å². The highest BCUT2D eigenvalue weighted by Gasteiger charge is 2.12. The van der Waals surface area contributed by atoms with Crippen molar-refractivity contribution >= 4 is 11.6 Å². The fourth-order valence-electron chi connectivity index (χ4n) is 1.89. The third-order valence-corrected chi connectivity index (χ3v) is 3.15. The molecular weight excluding hydrogens is 292 g/mol. The van der Waals surface area contributed by atoms with Crippen LogP contribution in [0.15, 0.2) is 35.0 Å². The minimum atomic E-state index is 0.394. The van der Waals surface area contributed by atoms with Crippen molar-refractivity contribution in [1.82, 2.24) is 30.5 Å². The second-order valence-corrected chi connectivity index (χ2v) is 4.84. The quantitative estimate of drug-likeness (QED) is 0.773. The Kier molecular flexibility index (Phi) is 3.94. The van der Waals surface area contributed by atoms with Crippen LogP contribution in [0.5, 0.6) is 0 Å². The van der Waals surface area contributed by atoms with Crippen LogP contribution < -0.4 is 5.32 Å². The standard InChI is InChI=1S/C13H13ClN6O/c1-15-6-9-7-20(19-17-9)8-12-16-13(21-18-12)10-4-2-3-5-11(10)14/h2-5,7,15H,6,8H2,1H3. The molecule has 0 bridgehead atoms. The highest BCUT2D eigenvalue weighted by atomic mass is 35.5. The molecule has 2 aromatic heterocycles.